The number of sulfone groups is 1. The number of nitrogens with zero attached hydrogens (tertiary/aromatic N) is 4. The van der Waals surface area contributed by atoms with Gasteiger partial charge in [0.25, 0.3) is 5.91 Å². The van der Waals surface area contributed by atoms with Crippen molar-refractivity contribution in [1.29, 1.82) is 5.26 Å². The van der Waals surface area contributed by atoms with Gasteiger partial charge in [-0.25, -0.2) is 13.4 Å². The first-order chi connectivity index (χ1) is 13.7. The first-order valence-electron chi connectivity index (χ1n) is 8.77. The number of hydrogen-bond acceptors (Lipinski definition) is 7. The SMILES string of the molecule is CN(C)CCN(C(=O)c1ccc(C#N)cc1)c1nc2c(S(C)(=O)=O)cccc2s1. The van der Waals surface area contributed by atoms with E-state index in [0.29, 0.717) is 39.6 Å². The highest BCUT2D eigenvalue weighted by molar-refractivity contribution is 7.91. The molecular formula is C20H20N4O3S2. The molecule has 1 heterocycles. The van der Waals surface area contributed by atoms with Crippen LogP contribution in [0.1, 0.15) is 15.9 Å². The predicted molar refractivity (Wildman–Crippen MR) is 114 cm³/mol. The Hall–Kier alpha value is -2.80. The molecule has 3 aromatic rings. The highest BCUT2D eigenvalue weighted by Gasteiger charge is 2.23. The van der Waals surface area contributed by atoms with Crippen molar-refractivity contribution in [1.82, 2.24) is 9.88 Å². The lowest BCUT2D eigenvalue weighted by molar-refractivity contribution is 0.0985. The molecule has 7 nitrogen and oxygen atoms in total. The van der Waals surface area contributed by atoms with Crippen LogP contribution in [0.15, 0.2) is 47.4 Å². The van der Waals surface area contributed by atoms with Gasteiger partial charge in [-0.05, 0) is 50.5 Å². The third-order valence-corrected chi connectivity index (χ3v) is 6.45. The molecule has 0 atom stereocenters. The van der Waals surface area contributed by atoms with Crippen LogP contribution in [0, 0.1) is 11.3 Å². The molecule has 0 saturated carbocycles. The standard InChI is InChI=1S/C20H20N4O3S2/c1-23(2)11-12-24(19(25)15-9-7-14(13-21)8-10-15)20-22-18-16(28-20)5-4-6-17(18)29(3,26)27/h4-10H,11-12H2,1-3H3. The van der Waals surface area contributed by atoms with Crippen LogP contribution in [0.5, 0.6) is 0 Å². The number of likely N-dealkylation sites (N-methyl/N-ethyl adjacent to an activating group) is 1. The Labute approximate surface area is 173 Å². The summed E-state index contributed by atoms with van der Waals surface area (Å²) >= 11 is 1.28. The minimum Gasteiger partial charge on any atom is -0.308 e. The van der Waals surface area contributed by atoms with Crippen LogP contribution in [0.4, 0.5) is 5.13 Å². The number of carbonyl (C=O) groups excluding carboxylic acids is 1. The molecule has 0 saturated heterocycles. The second-order valence-electron chi connectivity index (χ2n) is 6.82. The van der Waals surface area contributed by atoms with E-state index in [1.54, 1.807) is 41.3 Å². The van der Waals surface area contributed by atoms with Crippen molar-refractivity contribution in [2.45, 2.75) is 4.90 Å². The first-order valence-corrected chi connectivity index (χ1v) is 11.5. The number of aromatic nitrogens is 1. The number of anilines is 1. The minimum absolute atomic E-state index is 0.149. The fourth-order valence-electron chi connectivity index (χ4n) is 2.75. The van der Waals surface area contributed by atoms with Gasteiger partial charge in [0.2, 0.25) is 0 Å². The second-order valence-corrected chi connectivity index (χ2v) is 9.81. The molecule has 29 heavy (non-hydrogen) atoms. The normalized spacial score (nSPS) is 11.6. The maximum atomic E-state index is 13.2. The number of carbonyl (C=O) groups is 1. The van der Waals surface area contributed by atoms with Gasteiger partial charge in [0.1, 0.15) is 5.52 Å². The molecule has 3 rings (SSSR count). The third kappa shape index (κ3) is 4.62. The summed E-state index contributed by atoms with van der Waals surface area (Å²) in [5.74, 6) is -0.253. The molecule has 0 spiro atoms. The van der Waals surface area contributed by atoms with Gasteiger partial charge < -0.3 is 4.90 Å². The third-order valence-electron chi connectivity index (χ3n) is 4.28. The van der Waals surface area contributed by atoms with Crippen LogP contribution >= 0.6 is 11.3 Å². The van der Waals surface area contributed by atoms with Gasteiger partial charge in [-0.15, -0.1) is 0 Å². The second kappa shape index (κ2) is 8.29. The number of fused-ring (bicyclic) bond motifs is 1. The Morgan fingerprint density at radius 1 is 1.14 bits per heavy atom. The van der Waals surface area contributed by atoms with Crippen LogP contribution in [-0.4, -0.2) is 57.6 Å². The van der Waals surface area contributed by atoms with Crippen LogP contribution in [0.3, 0.4) is 0 Å². The van der Waals surface area contributed by atoms with Crippen LogP contribution in [-0.2, 0) is 9.84 Å². The summed E-state index contributed by atoms with van der Waals surface area (Å²) < 4.78 is 24.9. The summed E-state index contributed by atoms with van der Waals surface area (Å²) in [6.07, 6.45) is 1.15. The molecule has 1 amide bonds. The molecule has 1 aromatic heterocycles. The fourth-order valence-corrected chi connectivity index (χ4v) is 4.67. The number of rotatable bonds is 6. The minimum atomic E-state index is -3.45. The zero-order valence-electron chi connectivity index (χ0n) is 16.3. The summed E-state index contributed by atoms with van der Waals surface area (Å²) in [6.45, 7) is 0.997. The van der Waals surface area contributed by atoms with E-state index in [0.717, 1.165) is 6.26 Å². The van der Waals surface area contributed by atoms with E-state index in [-0.39, 0.29) is 10.8 Å². The van der Waals surface area contributed by atoms with Crippen LogP contribution < -0.4 is 4.90 Å². The molecule has 0 bridgehead atoms. The average Bonchev–Trinajstić information content (AvgIpc) is 3.10. The molecule has 0 aliphatic rings. The molecule has 2 aromatic carbocycles. The molecule has 9 heteroatoms. The van der Waals surface area contributed by atoms with Crippen molar-refractivity contribution in [2.24, 2.45) is 0 Å². The van der Waals surface area contributed by atoms with Crippen molar-refractivity contribution in [2.75, 3.05) is 38.3 Å². The van der Waals surface area contributed by atoms with E-state index in [9.17, 15) is 13.2 Å². The predicted octanol–water partition coefficient (Wildman–Crippen LogP) is 2.78. The maximum absolute atomic E-state index is 13.2. The van der Waals surface area contributed by atoms with Gasteiger partial charge in [-0.1, -0.05) is 17.4 Å². The van der Waals surface area contributed by atoms with E-state index in [1.807, 2.05) is 25.1 Å². The van der Waals surface area contributed by atoms with Gasteiger partial charge in [-0.3, -0.25) is 9.69 Å². The van der Waals surface area contributed by atoms with Gasteiger partial charge in [-0.2, -0.15) is 5.26 Å². The monoisotopic (exact) mass is 428 g/mol. The molecule has 0 N–H and O–H groups in total. The van der Waals surface area contributed by atoms with Crippen molar-refractivity contribution in [3.63, 3.8) is 0 Å². The summed E-state index contributed by atoms with van der Waals surface area (Å²) in [5.41, 5.74) is 1.28. The van der Waals surface area contributed by atoms with Gasteiger partial charge in [0.15, 0.2) is 15.0 Å². The molecule has 0 radical (unpaired) electrons. The van der Waals surface area contributed by atoms with Gasteiger partial charge in [0, 0.05) is 24.9 Å². The quantitative estimate of drug-likeness (QED) is 0.599. The first kappa shape index (κ1) is 20.9. The zero-order valence-corrected chi connectivity index (χ0v) is 17.9. The van der Waals surface area contributed by atoms with Crippen LogP contribution in [0.2, 0.25) is 0 Å². The van der Waals surface area contributed by atoms with Crippen LogP contribution in [0.25, 0.3) is 10.2 Å². The maximum Gasteiger partial charge on any atom is 0.260 e. The Kier molecular flexibility index (Phi) is 5.98. The lowest BCUT2D eigenvalue weighted by Crippen LogP contribution is -2.36. The summed E-state index contributed by atoms with van der Waals surface area (Å²) in [6, 6.07) is 13.4. The molecule has 150 valence electrons. The van der Waals surface area contributed by atoms with Crippen molar-refractivity contribution in [3.8, 4) is 6.07 Å². The molecule has 0 fully saturated rings. The van der Waals surface area contributed by atoms with E-state index in [2.05, 4.69) is 4.98 Å². The number of nitriles is 1. The summed E-state index contributed by atoms with van der Waals surface area (Å²) in [7, 11) is 0.369. The lowest BCUT2D eigenvalue weighted by Gasteiger charge is -2.22. The van der Waals surface area contributed by atoms with E-state index in [4.69, 9.17) is 5.26 Å². The van der Waals surface area contributed by atoms with Crippen molar-refractivity contribution in [3.05, 3.63) is 53.6 Å². The molecule has 0 aliphatic heterocycles. The number of benzene rings is 2. The highest BCUT2D eigenvalue weighted by Crippen LogP contribution is 2.33. The lowest BCUT2D eigenvalue weighted by atomic mass is 10.1. The van der Waals surface area contributed by atoms with Gasteiger partial charge >= 0.3 is 0 Å². The van der Waals surface area contributed by atoms with Crippen molar-refractivity contribution < 1.29 is 13.2 Å². The molecule has 0 unspecified atom stereocenters. The number of para-hydroxylation sites is 1. The van der Waals surface area contributed by atoms with Gasteiger partial charge in [0.05, 0.1) is 21.2 Å². The largest absolute Gasteiger partial charge is 0.308 e. The average molecular weight is 429 g/mol. The smallest absolute Gasteiger partial charge is 0.260 e. The summed E-state index contributed by atoms with van der Waals surface area (Å²) in [4.78, 5) is 21.4. The highest BCUT2D eigenvalue weighted by atomic mass is 32.2. The molecule has 0 aliphatic carbocycles. The summed E-state index contributed by atoms with van der Waals surface area (Å²) in [5, 5.41) is 9.40. The van der Waals surface area contributed by atoms with E-state index < -0.39 is 9.84 Å². The fraction of sp³-hybridized carbons (Fsp3) is 0.250. The van der Waals surface area contributed by atoms with E-state index >= 15 is 0 Å². The Balaban J connectivity index is 2.07. The number of thiazole rings is 1. The molecular weight excluding hydrogens is 408 g/mol. The Morgan fingerprint density at radius 3 is 2.41 bits per heavy atom. The number of hydrogen-bond donors (Lipinski definition) is 0. The Bertz CT molecular complexity index is 1190. The number of amides is 1. The topological polar surface area (TPSA) is 94.4 Å². The Morgan fingerprint density at radius 2 is 1.83 bits per heavy atom. The van der Waals surface area contributed by atoms with E-state index in [1.165, 1.54) is 17.4 Å². The zero-order chi connectivity index (χ0) is 21.2. The van der Waals surface area contributed by atoms with Crippen molar-refractivity contribution >= 4 is 42.4 Å².